The van der Waals surface area contributed by atoms with Gasteiger partial charge < -0.3 is 10.6 Å². The molecule has 0 fully saturated rings. The third kappa shape index (κ3) is 3.00. The zero-order valence-corrected chi connectivity index (χ0v) is 13.2. The maximum Gasteiger partial charge on any atom is 0.0464 e. The minimum absolute atomic E-state index is 0.559. The summed E-state index contributed by atoms with van der Waals surface area (Å²) in [6.45, 7) is 2.73. The van der Waals surface area contributed by atoms with Gasteiger partial charge in [0.1, 0.15) is 0 Å². The van der Waals surface area contributed by atoms with Crippen molar-refractivity contribution in [2.45, 2.75) is 24.8 Å². The number of nitrogens with two attached hydrogens (primary N) is 1. The zero-order chi connectivity index (χ0) is 14.5. The lowest BCUT2D eigenvalue weighted by atomic mass is 10.1. The number of thioether (sulfide) groups is 1. The van der Waals surface area contributed by atoms with Crippen LogP contribution in [0.4, 0.5) is 11.4 Å². The maximum absolute atomic E-state index is 5.95. The van der Waals surface area contributed by atoms with Crippen LogP contribution in [-0.4, -0.2) is 13.3 Å². The van der Waals surface area contributed by atoms with Crippen molar-refractivity contribution in [3.63, 3.8) is 0 Å². The highest BCUT2D eigenvalue weighted by atomic mass is 32.2. The third-order valence-corrected chi connectivity index (χ3v) is 4.45. The van der Waals surface area contributed by atoms with E-state index in [2.05, 4.69) is 67.6 Å². The molecule has 0 spiro atoms. The Balaban J connectivity index is 2.39. The van der Waals surface area contributed by atoms with Crippen LogP contribution < -0.4 is 10.6 Å². The molecule has 0 aromatic heterocycles. The van der Waals surface area contributed by atoms with Crippen LogP contribution in [0.3, 0.4) is 0 Å². The number of hydrogen-bond donors (Lipinski definition) is 1. The first-order chi connectivity index (χ1) is 9.71. The van der Waals surface area contributed by atoms with Gasteiger partial charge in [0, 0.05) is 35.4 Å². The van der Waals surface area contributed by atoms with E-state index in [-0.39, 0.29) is 0 Å². The predicted molar refractivity (Wildman–Crippen MR) is 90.0 cm³/mol. The average molecular weight is 286 g/mol. The summed E-state index contributed by atoms with van der Waals surface area (Å²) < 4.78 is 0. The van der Waals surface area contributed by atoms with Crippen LogP contribution in [0.25, 0.3) is 0 Å². The molecule has 0 saturated heterocycles. The highest BCUT2D eigenvalue weighted by Gasteiger charge is 2.11. The monoisotopic (exact) mass is 286 g/mol. The molecule has 106 valence electrons. The molecule has 20 heavy (non-hydrogen) atoms. The molecule has 2 rings (SSSR count). The Morgan fingerprint density at radius 1 is 1.10 bits per heavy atom. The molecule has 0 saturated carbocycles. The summed E-state index contributed by atoms with van der Waals surface area (Å²) in [7, 11) is 2.10. The van der Waals surface area contributed by atoms with E-state index >= 15 is 0 Å². The van der Waals surface area contributed by atoms with E-state index in [0.29, 0.717) is 6.54 Å². The van der Waals surface area contributed by atoms with Crippen LogP contribution in [0.5, 0.6) is 0 Å². The fourth-order valence-electron chi connectivity index (χ4n) is 2.36. The Kier molecular flexibility index (Phi) is 5.10. The van der Waals surface area contributed by atoms with Crippen molar-refractivity contribution in [1.82, 2.24) is 0 Å². The van der Waals surface area contributed by atoms with Crippen LogP contribution in [0.15, 0.2) is 47.4 Å². The summed E-state index contributed by atoms with van der Waals surface area (Å²) in [5, 5.41) is 0. The highest BCUT2D eigenvalue weighted by molar-refractivity contribution is 7.98. The molecule has 3 heteroatoms. The molecule has 0 heterocycles. The number of nitrogens with zero attached hydrogens (tertiary/aromatic N) is 1. The first kappa shape index (κ1) is 14.9. The van der Waals surface area contributed by atoms with E-state index in [1.807, 2.05) is 0 Å². The minimum Gasteiger partial charge on any atom is -0.344 e. The summed E-state index contributed by atoms with van der Waals surface area (Å²) >= 11 is 1.75. The molecule has 0 bridgehead atoms. The number of aryl methyl sites for hydroxylation is 1. The molecule has 0 amide bonds. The van der Waals surface area contributed by atoms with Gasteiger partial charge in [-0.15, -0.1) is 11.8 Å². The molecular formula is C17H22N2S. The molecule has 2 nitrogen and oxygen atoms in total. The molecule has 0 radical (unpaired) electrons. The van der Waals surface area contributed by atoms with E-state index in [1.165, 1.54) is 27.4 Å². The topological polar surface area (TPSA) is 29.3 Å². The predicted octanol–water partition coefficient (Wildman–Crippen LogP) is 4.20. The van der Waals surface area contributed by atoms with Crippen LogP contribution in [0.1, 0.15) is 18.1 Å². The Labute approximate surface area is 126 Å². The van der Waals surface area contributed by atoms with Crippen molar-refractivity contribution in [3.05, 3.63) is 53.6 Å². The first-order valence-corrected chi connectivity index (χ1v) is 8.12. The number of rotatable bonds is 5. The van der Waals surface area contributed by atoms with Crippen LogP contribution >= 0.6 is 11.8 Å². The lowest BCUT2D eigenvalue weighted by Crippen LogP contribution is -2.14. The van der Waals surface area contributed by atoms with Gasteiger partial charge in [0.05, 0.1) is 0 Å². The van der Waals surface area contributed by atoms with Gasteiger partial charge in [-0.05, 0) is 42.5 Å². The van der Waals surface area contributed by atoms with E-state index < -0.39 is 0 Å². The standard InChI is InChI=1S/C17H22N2S/c1-4-13-8-10-14(11-9-13)19(2)16-6-5-7-17(20-3)15(16)12-18/h5-11H,4,12,18H2,1-3H3. The van der Waals surface area contributed by atoms with Gasteiger partial charge in [-0.25, -0.2) is 0 Å². The Morgan fingerprint density at radius 2 is 1.80 bits per heavy atom. The summed E-state index contributed by atoms with van der Waals surface area (Å²) in [6.07, 6.45) is 3.16. The second-order valence-corrected chi connectivity index (χ2v) is 5.59. The van der Waals surface area contributed by atoms with E-state index in [4.69, 9.17) is 5.73 Å². The average Bonchev–Trinajstić information content (AvgIpc) is 2.53. The molecule has 2 aromatic carbocycles. The SMILES string of the molecule is CCc1ccc(N(C)c2cccc(SC)c2CN)cc1. The number of hydrogen-bond acceptors (Lipinski definition) is 3. The largest absolute Gasteiger partial charge is 0.344 e. The van der Waals surface area contributed by atoms with Gasteiger partial charge in [-0.3, -0.25) is 0 Å². The van der Waals surface area contributed by atoms with Gasteiger partial charge in [0.25, 0.3) is 0 Å². The van der Waals surface area contributed by atoms with Gasteiger partial charge in [0.15, 0.2) is 0 Å². The molecule has 2 N–H and O–H groups in total. The Bertz CT molecular complexity index is 564. The van der Waals surface area contributed by atoms with Crippen molar-refractivity contribution in [3.8, 4) is 0 Å². The smallest absolute Gasteiger partial charge is 0.0464 e. The summed E-state index contributed by atoms with van der Waals surface area (Å²) in [6, 6.07) is 15.1. The molecule has 0 aliphatic rings. The van der Waals surface area contributed by atoms with Gasteiger partial charge >= 0.3 is 0 Å². The van der Waals surface area contributed by atoms with Crippen LogP contribution in [-0.2, 0) is 13.0 Å². The van der Waals surface area contributed by atoms with E-state index in [0.717, 1.165) is 6.42 Å². The molecule has 0 aliphatic heterocycles. The number of anilines is 2. The van der Waals surface area contributed by atoms with Crippen molar-refractivity contribution >= 4 is 23.1 Å². The zero-order valence-electron chi connectivity index (χ0n) is 12.4. The van der Waals surface area contributed by atoms with Crippen molar-refractivity contribution in [2.75, 3.05) is 18.2 Å². The van der Waals surface area contributed by atoms with E-state index in [9.17, 15) is 0 Å². The third-order valence-electron chi connectivity index (χ3n) is 3.63. The van der Waals surface area contributed by atoms with Crippen molar-refractivity contribution < 1.29 is 0 Å². The molecular weight excluding hydrogens is 264 g/mol. The summed E-state index contributed by atoms with van der Waals surface area (Å²) in [4.78, 5) is 3.46. The highest BCUT2D eigenvalue weighted by Crippen LogP contribution is 2.32. The molecule has 0 unspecified atom stereocenters. The lowest BCUT2D eigenvalue weighted by molar-refractivity contribution is 1.01. The summed E-state index contributed by atoms with van der Waals surface area (Å²) in [5.41, 5.74) is 10.9. The Morgan fingerprint density at radius 3 is 2.35 bits per heavy atom. The number of benzene rings is 2. The van der Waals surface area contributed by atoms with E-state index in [1.54, 1.807) is 11.8 Å². The quantitative estimate of drug-likeness (QED) is 0.835. The first-order valence-electron chi connectivity index (χ1n) is 6.89. The van der Waals surface area contributed by atoms with Crippen LogP contribution in [0.2, 0.25) is 0 Å². The van der Waals surface area contributed by atoms with Crippen LogP contribution in [0, 0.1) is 0 Å². The molecule has 0 aliphatic carbocycles. The van der Waals surface area contributed by atoms with Crippen molar-refractivity contribution in [1.29, 1.82) is 0 Å². The lowest BCUT2D eigenvalue weighted by Gasteiger charge is -2.24. The Hall–Kier alpha value is -1.45. The van der Waals surface area contributed by atoms with Crippen molar-refractivity contribution in [2.24, 2.45) is 5.73 Å². The van der Waals surface area contributed by atoms with Gasteiger partial charge in [0.2, 0.25) is 0 Å². The maximum atomic E-state index is 5.95. The van der Waals surface area contributed by atoms with Gasteiger partial charge in [-0.1, -0.05) is 25.1 Å². The second kappa shape index (κ2) is 6.82. The minimum atomic E-state index is 0.559. The second-order valence-electron chi connectivity index (χ2n) is 4.74. The fraction of sp³-hybridized carbons (Fsp3) is 0.294. The summed E-state index contributed by atoms with van der Waals surface area (Å²) in [5.74, 6) is 0. The molecule has 0 atom stereocenters. The molecule has 2 aromatic rings. The van der Waals surface area contributed by atoms with Gasteiger partial charge in [-0.2, -0.15) is 0 Å². The normalized spacial score (nSPS) is 10.6. The fourth-order valence-corrected chi connectivity index (χ4v) is 3.01.